The van der Waals surface area contributed by atoms with E-state index >= 15 is 0 Å². The van der Waals surface area contributed by atoms with Crippen LogP contribution < -0.4 is 0 Å². The van der Waals surface area contributed by atoms with Gasteiger partial charge in [-0.15, -0.1) is 0 Å². The summed E-state index contributed by atoms with van der Waals surface area (Å²) in [7, 11) is 0. The smallest absolute Gasteiger partial charge is 0.411 e. The average Bonchev–Trinajstić information content (AvgIpc) is 3.39. The molecular formula is C23H19Cl2NO4. The predicted octanol–water partition coefficient (Wildman–Crippen LogP) is 4.83. The Balaban J connectivity index is 1.44. The summed E-state index contributed by atoms with van der Waals surface area (Å²) in [5.41, 5.74) is 1.98. The number of halogens is 2. The van der Waals surface area contributed by atoms with Crippen molar-refractivity contribution in [3.8, 4) is 11.1 Å². The van der Waals surface area contributed by atoms with Gasteiger partial charge in [-0.1, -0.05) is 48.5 Å². The molecule has 3 aliphatic rings. The zero-order valence-electron chi connectivity index (χ0n) is 16.1. The topological polar surface area (TPSA) is 63.7 Å². The van der Waals surface area contributed by atoms with E-state index in [2.05, 4.69) is 12.1 Å². The van der Waals surface area contributed by atoms with Crippen LogP contribution in [0.3, 0.4) is 0 Å². The van der Waals surface area contributed by atoms with Crippen molar-refractivity contribution in [3.05, 3.63) is 59.7 Å². The molecule has 0 atom stereocenters. The van der Waals surface area contributed by atoms with E-state index < -0.39 is 27.7 Å². The molecule has 5 rings (SSSR count). The van der Waals surface area contributed by atoms with E-state index in [0.29, 0.717) is 25.7 Å². The van der Waals surface area contributed by atoms with Crippen LogP contribution in [0.15, 0.2) is 48.5 Å². The SMILES string of the molecule is O=C(OCC1c2ccccc2-c2ccccc21)N1C2(C(=O)Cl)CCC1(C(=O)Cl)CC2. The zero-order valence-corrected chi connectivity index (χ0v) is 17.6. The van der Waals surface area contributed by atoms with Crippen LogP contribution in [0, 0.1) is 0 Å². The molecule has 154 valence electrons. The minimum absolute atomic E-state index is 0.0997. The van der Waals surface area contributed by atoms with Crippen LogP contribution in [0.1, 0.15) is 42.7 Å². The van der Waals surface area contributed by atoms with Gasteiger partial charge in [0.1, 0.15) is 17.7 Å². The third-order valence-electron chi connectivity index (χ3n) is 7.01. The normalized spacial score (nSPS) is 26.4. The average molecular weight is 444 g/mol. The molecule has 2 aliphatic heterocycles. The Morgan fingerprint density at radius 2 is 1.27 bits per heavy atom. The van der Waals surface area contributed by atoms with Gasteiger partial charge in [0.25, 0.3) is 0 Å². The minimum atomic E-state index is -1.21. The number of ether oxygens (including phenoxy) is 1. The molecule has 7 heteroatoms. The highest BCUT2D eigenvalue weighted by atomic mass is 35.5. The summed E-state index contributed by atoms with van der Waals surface area (Å²) in [5.74, 6) is -0.119. The molecule has 0 spiro atoms. The van der Waals surface area contributed by atoms with Crippen molar-refractivity contribution in [3.63, 3.8) is 0 Å². The third kappa shape index (κ3) is 2.51. The minimum Gasteiger partial charge on any atom is -0.448 e. The van der Waals surface area contributed by atoms with Crippen LogP contribution in [0.5, 0.6) is 0 Å². The number of carbonyl (C=O) groups is 3. The van der Waals surface area contributed by atoms with E-state index in [4.69, 9.17) is 27.9 Å². The molecule has 2 fully saturated rings. The van der Waals surface area contributed by atoms with Crippen molar-refractivity contribution < 1.29 is 19.1 Å². The molecule has 0 N–H and O–H groups in total. The van der Waals surface area contributed by atoms with E-state index in [9.17, 15) is 14.4 Å². The molecular weight excluding hydrogens is 425 g/mol. The number of fused-ring (bicyclic) bond motifs is 5. The van der Waals surface area contributed by atoms with Gasteiger partial charge >= 0.3 is 6.09 Å². The molecule has 1 aliphatic carbocycles. The van der Waals surface area contributed by atoms with E-state index in [-0.39, 0.29) is 12.5 Å². The maximum Gasteiger partial charge on any atom is 0.411 e. The maximum absolute atomic E-state index is 13.2. The highest BCUT2D eigenvalue weighted by Gasteiger charge is 2.68. The molecule has 2 aromatic rings. The first-order valence-corrected chi connectivity index (χ1v) is 10.7. The lowest BCUT2D eigenvalue weighted by Gasteiger charge is -2.34. The summed E-state index contributed by atoms with van der Waals surface area (Å²) < 4.78 is 5.72. The molecule has 0 aromatic heterocycles. The van der Waals surface area contributed by atoms with Gasteiger partial charge in [0.15, 0.2) is 0 Å². The Morgan fingerprint density at radius 1 is 0.833 bits per heavy atom. The van der Waals surface area contributed by atoms with Gasteiger partial charge in [-0.3, -0.25) is 14.5 Å². The molecule has 1 amide bonds. The number of hydrogen-bond acceptors (Lipinski definition) is 4. The molecule has 0 saturated carbocycles. The first-order chi connectivity index (χ1) is 14.4. The fraction of sp³-hybridized carbons (Fsp3) is 0.348. The summed E-state index contributed by atoms with van der Waals surface area (Å²) in [6.07, 6.45) is 0.557. The first kappa shape index (κ1) is 19.6. The second-order valence-corrected chi connectivity index (χ2v) is 8.94. The van der Waals surface area contributed by atoms with Crippen LogP contribution in [-0.2, 0) is 14.3 Å². The molecule has 30 heavy (non-hydrogen) atoms. The number of amides is 1. The van der Waals surface area contributed by atoms with Gasteiger partial charge < -0.3 is 4.74 Å². The van der Waals surface area contributed by atoms with Crippen LogP contribution >= 0.6 is 23.2 Å². The Morgan fingerprint density at radius 3 is 1.70 bits per heavy atom. The number of benzene rings is 2. The van der Waals surface area contributed by atoms with E-state index in [0.717, 1.165) is 22.3 Å². The van der Waals surface area contributed by atoms with E-state index in [1.165, 1.54) is 4.90 Å². The predicted molar refractivity (Wildman–Crippen MR) is 113 cm³/mol. The van der Waals surface area contributed by atoms with E-state index in [1.807, 2.05) is 36.4 Å². The lowest BCUT2D eigenvalue weighted by molar-refractivity contribution is -0.124. The second kappa shape index (κ2) is 6.82. The van der Waals surface area contributed by atoms with Gasteiger partial charge in [-0.2, -0.15) is 0 Å². The van der Waals surface area contributed by atoms with Crippen LogP contribution in [-0.4, -0.2) is 39.2 Å². The highest BCUT2D eigenvalue weighted by molar-refractivity contribution is 6.67. The molecule has 5 nitrogen and oxygen atoms in total. The standard InChI is InChI=1S/C23H19Cl2NO4/c24-19(27)22-9-10-23(12-11-22,20(25)28)26(22)21(29)30-13-18-16-7-3-1-5-14(16)15-6-2-4-8-17(15)18/h1-8,18H,9-13H2. The van der Waals surface area contributed by atoms with Gasteiger partial charge in [0, 0.05) is 5.92 Å². The summed E-state index contributed by atoms with van der Waals surface area (Å²) in [6.45, 7) is 0.0997. The quantitative estimate of drug-likeness (QED) is 0.634. The van der Waals surface area contributed by atoms with Gasteiger partial charge in [0.2, 0.25) is 10.5 Å². The summed E-state index contributed by atoms with van der Waals surface area (Å²) in [6, 6.07) is 16.1. The van der Waals surface area contributed by atoms with Crippen molar-refractivity contribution >= 4 is 39.8 Å². The molecule has 2 saturated heterocycles. The van der Waals surface area contributed by atoms with Gasteiger partial charge in [-0.05, 0) is 71.1 Å². The summed E-state index contributed by atoms with van der Waals surface area (Å²) in [5, 5.41) is -1.29. The zero-order chi connectivity index (χ0) is 21.1. The third-order valence-corrected chi connectivity index (χ3v) is 7.71. The van der Waals surface area contributed by atoms with Crippen LogP contribution in [0.25, 0.3) is 11.1 Å². The maximum atomic E-state index is 13.2. The monoisotopic (exact) mass is 443 g/mol. The first-order valence-electron chi connectivity index (χ1n) is 9.96. The Labute approximate surface area is 183 Å². The largest absolute Gasteiger partial charge is 0.448 e. The lowest BCUT2D eigenvalue weighted by atomic mass is 9.83. The fourth-order valence-corrected chi connectivity index (χ4v) is 6.06. The van der Waals surface area contributed by atoms with Crippen molar-refractivity contribution in [2.75, 3.05) is 6.61 Å². The van der Waals surface area contributed by atoms with Gasteiger partial charge in [-0.25, -0.2) is 4.79 Å². The van der Waals surface area contributed by atoms with E-state index in [1.54, 1.807) is 0 Å². The number of rotatable bonds is 4. The number of nitrogens with zero attached hydrogens (tertiary/aromatic N) is 1. The lowest BCUT2D eigenvalue weighted by Crippen LogP contribution is -2.55. The second-order valence-electron chi connectivity index (χ2n) is 8.25. The van der Waals surface area contributed by atoms with Crippen molar-refractivity contribution in [2.24, 2.45) is 0 Å². The highest BCUT2D eigenvalue weighted by Crippen LogP contribution is 2.55. The fourth-order valence-electron chi connectivity index (χ4n) is 5.51. The van der Waals surface area contributed by atoms with Crippen molar-refractivity contribution in [1.82, 2.24) is 4.90 Å². The number of hydrogen-bond donors (Lipinski definition) is 0. The van der Waals surface area contributed by atoms with Crippen LogP contribution in [0.4, 0.5) is 4.79 Å². The summed E-state index contributed by atoms with van der Waals surface area (Å²) >= 11 is 11.8. The molecule has 0 radical (unpaired) electrons. The Bertz CT molecular complexity index is 999. The number of carbonyl (C=O) groups excluding carboxylic acids is 3. The Kier molecular flexibility index (Phi) is 4.46. The molecule has 2 heterocycles. The molecule has 2 bridgehead atoms. The molecule has 0 unspecified atom stereocenters. The van der Waals surface area contributed by atoms with Crippen LogP contribution in [0.2, 0.25) is 0 Å². The van der Waals surface area contributed by atoms with Gasteiger partial charge in [0.05, 0.1) is 0 Å². The molecule has 2 aromatic carbocycles. The Hall–Kier alpha value is -2.37. The summed E-state index contributed by atoms with van der Waals surface area (Å²) in [4.78, 5) is 38.9. The van der Waals surface area contributed by atoms with Crippen molar-refractivity contribution in [1.29, 1.82) is 0 Å². The van der Waals surface area contributed by atoms with Crippen molar-refractivity contribution in [2.45, 2.75) is 42.7 Å².